The molecule has 2 fully saturated rings. The molecule has 4 rings (SSSR count). The summed E-state index contributed by atoms with van der Waals surface area (Å²) in [6.07, 6.45) is 4.88. The van der Waals surface area contributed by atoms with Crippen molar-refractivity contribution in [2.75, 3.05) is 62.7 Å². The summed E-state index contributed by atoms with van der Waals surface area (Å²) < 4.78 is 5.39. The molecule has 0 unspecified atom stereocenters. The number of carbonyl (C=O) groups excluding carboxylic acids is 3. The normalized spacial score (nSPS) is 16.4. The molecule has 0 radical (unpaired) electrons. The highest BCUT2D eigenvalue weighted by Crippen LogP contribution is 2.15. The van der Waals surface area contributed by atoms with Crippen LogP contribution in [0, 0.1) is 5.92 Å². The average Bonchev–Trinajstić information content (AvgIpc) is 2.95. The first-order chi connectivity index (χ1) is 18.1. The van der Waals surface area contributed by atoms with E-state index in [4.69, 9.17) is 4.74 Å². The fraction of sp³-hybridized carbons (Fsp3) is 0.407. The molecule has 0 spiro atoms. The van der Waals surface area contributed by atoms with Crippen LogP contribution in [-0.2, 0) is 9.53 Å². The van der Waals surface area contributed by atoms with Crippen LogP contribution in [-0.4, -0.2) is 75.2 Å². The van der Waals surface area contributed by atoms with Gasteiger partial charge in [0.1, 0.15) is 5.82 Å². The van der Waals surface area contributed by atoms with Crippen LogP contribution in [0.5, 0.6) is 0 Å². The first kappa shape index (κ1) is 26.3. The predicted molar refractivity (Wildman–Crippen MR) is 143 cm³/mol. The van der Waals surface area contributed by atoms with Crippen molar-refractivity contribution in [1.82, 2.24) is 20.9 Å². The molecule has 1 aromatic heterocycles. The molecule has 3 amide bonds. The van der Waals surface area contributed by atoms with Crippen molar-refractivity contribution in [2.24, 2.45) is 5.92 Å². The molecule has 37 heavy (non-hydrogen) atoms. The lowest BCUT2D eigenvalue weighted by Gasteiger charge is -2.27. The van der Waals surface area contributed by atoms with E-state index in [-0.39, 0.29) is 23.6 Å². The second-order valence-electron chi connectivity index (χ2n) is 8.99. The highest BCUT2D eigenvalue weighted by atomic mass is 16.5. The predicted octanol–water partition coefficient (Wildman–Crippen LogP) is 2.05. The zero-order chi connectivity index (χ0) is 25.9. The van der Waals surface area contributed by atoms with Gasteiger partial charge in [-0.2, -0.15) is 0 Å². The van der Waals surface area contributed by atoms with Crippen LogP contribution in [0.2, 0.25) is 0 Å². The number of piperidine rings is 1. The van der Waals surface area contributed by atoms with Gasteiger partial charge in [0.15, 0.2) is 5.78 Å². The third-order valence-corrected chi connectivity index (χ3v) is 6.34. The summed E-state index contributed by atoms with van der Waals surface area (Å²) in [5.41, 5.74) is 1.78. The summed E-state index contributed by atoms with van der Waals surface area (Å²) >= 11 is 0. The number of hydrogen-bond donors (Lipinski definition) is 4. The summed E-state index contributed by atoms with van der Waals surface area (Å²) in [4.78, 5) is 43.6. The molecule has 3 heterocycles. The number of allylic oxidation sites excluding steroid dienone is 1. The van der Waals surface area contributed by atoms with E-state index in [9.17, 15) is 14.4 Å². The van der Waals surface area contributed by atoms with Gasteiger partial charge in [-0.05, 0) is 74.5 Å². The quantitative estimate of drug-likeness (QED) is 0.233. The van der Waals surface area contributed by atoms with Crippen molar-refractivity contribution in [3.05, 3.63) is 59.8 Å². The number of benzene rings is 1. The Morgan fingerprint density at radius 1 is 1.00 bits per heavy atom. The third kappa shape index (κ3) is 8.12. The maximum Gasteiger partial charge on any atom is 0.319 e. The average molecular weight is 507 g/mol. The van der Waals surface area contributed by atoms with E-state index < -0.39 is 0 Å². The van der Waals surface area contributed by atoms with Gasteiger partial charge in [0.25, 0.3) is 0 Å². The summed E-state index contributed by atoms with van der Waals surface area (Å²) in [5, 5.41) is 11.6. The number of pyridine rings is 1. The standard InChI is InChI=1S/C27H34N6O4/c34-24(9-8-22-2-1-3-25(31-22)33-16-18-37-19-17-33)20-4-6-23(7-5-20)32-27(36)30-15-14-29-26(35)21-10-12-28-13-11-21/h1-9,21,28H,10-19H2,(H,29,35)(H2,30,32,36)/b9-8+. The minimum Gasteiger partial charge on any atom is -0.378 e. The number of amides is 3. The van der Waals surface area contributed by atoms with Crippen molar-refractivity contribution in [3.8, 4) is 0 Å². The van der Waals surface area contributed by atoms with E-state index >= 15 is 0 Å². The number of ketones is 1. The summed E-state index contributed by atoms with van der Waals surface area (Å²) in [5.74, 6) is 0.802. The highest BCUT2D eigenvalue weighted by molar-refractivity contribution is 6.07. The Labute approximate surface area is 216 Å². The molecule has 0 bridgehead atoms. The van der Waals surface area contributed by atoms with E-state index in [0.717, 1.165) is 44.8 Å². The molecule has 10 nitrogen and oxygen atoms in total. The number of ether oxygens (including phenoxy) is 1. The Bertz CT molecular complexity index is 1090. The second kappa shape index (κ2) is 13.5. The van der Waals surface area contributed by atoms with Crippen molar-refractivity contribution >= 4 is 35.3 Å². The van der Waals surface area contributed by atoms with Crippen molar-refractivity contribution in [3.63, 3.8) is 0 Å². The number of carbonyl (C=O) groups is 3. The lowest BCUT2D eigenvalue weighted by Crippen LogP contribution is -2.41. The molecule has 0 saturated carbocycles. The van der Waals surface area contributed by atoms with Gasteiger partial charge < -0.3 is 30.9 Å². The molecule has 0 aliphatic carbocycles. The molecule has 10 heteroatoms. The molecule has 0 atom stereocenters. The lowest BCUT2D eigenvalue weighted by atomic mass is 9.97. The first-order valence-electron chi connectivity index (χ1n) is 12.7. The summed E-state index contributed by atoms with van der Waals surface area (Å²) in [6, 6.07) is 12.1. The van der Waals surface area contributed by atoms with Crippen LogP contribution in [0.15, 0.2) is 48.5 Å². The fourth-order valence-corrected chi connectivity index (χ4v) is 4.24. The maximum atomic E-state index is 12.6. The molecule has 4 N–H and O–H groups in total. The number of aromatic nitrogens is 1. The van der Waals surface area contributed by atoms with Crippen molar-refractivity contribution < 1.29 is 19.1 Å². The lowest BCUT2D eigenvalue weighted by molar-refractivity contribution is -0.125. The minimum atomic E-state index is -0.374. The summed E-state index contributed by atoms with van der Waals surface area (Å²) in [7, 11) is 0. The van der Waals surface area contributed by atoms with Crippen molar-refractivity contribution in [1.29, 1.82) is 0 Å². The third-order valence-electron chi connectivity index (χ3n) is 6.34. The van der Waals surface area contributed by atoms with Crippen LogP contribution < -0.4 is 26.2 Å². The van der Waals surface area contributed by atoms with Crippen LogP contribution >= 0.6 is 0 Å². The van der Waals surface area contributed by atoms with Crippen LogP contribution in [0.3, 0.4) is 0 Å². The van der Waals surface area contributed by atoms with E-state index in [1.165, 1.54) is 6.08 Å². The molecule has 196 valence electrons. The van der Waals surface area contributed by atoms with E-state index in [1.54, 1.807) is 30.3 Å². The number of hydrogen-bond acceptors (Lipinski definition) is 7. The zero-order valence-corrected chi connectivity index (χ0v) is 20.9. The van der Waals surface area contributed by atoms with Gasteiger partial charge in [0, 0.05) is 43.3 Å². The Morgan fingerprint density at radius 3 is 2.49 bits per heavy atom. The Morgan fingerprint density at radius 2 is 1.73 bits per heavy atom. The van der Waals surface area contributed by atoms with Gasteiger partial charge in [-0.3, -0.25) is 9.59 Å². The van der Waals surface area contributed by atoms with E-state index in [1.807, 2.05) is 18.2 Å². The SMILES string of the molecule is O=C(NCCNC(=O)C1CCNCC1)Nc1ccc(C(=O)/C=C/c2cccc(N3CCOCC3)n2)cc1. The molecule has 2 aromatic rings. The smallest absolute Gasteiger partial charge is 0.319 e. The van der Waals surface area contributed by atoms with E-state index in [2.05, 4.69) is 31.2 Å². The van der Waals surface area contributed by atoms with Gasteiger partial charge in [0.05, 0.1) is 18.9 Å². The Hall–Kier alpha value is -3.76. The molecule has 2 aliphatic heterocycles. The van der Waals surface area contributed by atoms with Crippen molar-refractivity contribution in [2.45, 2.75) is 12.8 Å². The topological polar surface area (TPSA) is 125 Å². The molecule has 2 aliphatic rings. The largest absolute Gasteiger partial charge is 0.378 e. The number of nitrogens with zero attached hydrogens (tertiary/aromatic N) is 2. The second-order valence-corrected chi connectivity index (χ2v) is 8.99. The Kier molecular flexibility index (Phi) is 9.61. The van der Waals surface area contributed by atoms with E-state index in [0.29, 0.717) is 43.2 Å². The Balaban J connectivity index is 1.20. The number of rotatable bonds is 9. The highest BCUT2D eigenvalue weighted by Gasteiger charge is 2.20. The zero-order valence-electron chi connectivity index (χ0n) is 20.9. The molecular weight excluding hydrogens is 472 g/mol. The van der Waals surface area contributed by atoms with Crippen LogP contribution in [0.4, 0.5) is 16.3 Å². The van der Waals surface area contributed by atoms with Gasteiger partial charge in [-0.25, -0.2) is 9.78 Å². The number of morpholine rings is 1. The molecule has 1 aromatic carbocycles. The monoisotopic (exact) mass is 506 g/mol. The molecule has 2 saturated heterocycles. The summed E-state index contributed by atoms with van der Waals surface area (Å²) in [6.45, 7) is 5.39. The van der Waals surface area contributed by atoms with Crippen LogP contribution in [0.25, 0.3) is 6.08 Å². The first-order valence-corrected chi connectivity index (χ1v) is 12.7. The van der Waals surface area contributed by atoms with Gasteiger partial charge >= 0.3 is 6.03 Å². The van der Waals surface area contributed by atoms with Crippen LogP contribution in [0.1, 0.15) is 28.9 Å². The van der Waals surface area contributed by atoms with Gasteiger partial charge in [-0.1, -0.05) is 6.07 Å². The minimum absolute atomic E-state index is 0.0404. The molecular formula is C27H34N6O4. The van der Waals surface area contributed by atoms with Gasteiger partial charge in [-0.15, -0.1) is 0 Å². The number of anilines is 2. The number of nitrogens with one attached hydrogen (secondary N) is 4. The number of urea groups is 1. The fourth-order valence-electron chi connectivity index (χ4n) is 4.24. The van der Waals surface area contributed by atoms with Gasteiger partial charge in [0.2, 0.25) is 5.91 Å². The maximum absolute atomic E-state index is 12.6.